The topological polar surface area (TPSA) is 46.9 Å². The van der Waals surface area contributed by atoms with Crippen LogP contribution in [0.25, 0.3) is 22.4 Å². The molecular formula is C27H31ClFN3O. The van der Waals surface area contributed by atoms with Crippen molar-refractivity contribution in [3.63, 3.8) is 0 Å². The highest BCUT2D eigenvalue weighted by atomic mass is 35.5. The number of amides is 1. The highest BCUT2D eigenvalue weighted by Gasteiger charge is 2.35. The van der Waals surface area contributed by atoms with Crippen molar-refractivity contribution in [2.24, 2.45) is 5.92 Å². The van der Waals surface area contributed by atoms with Crippen molar-refractivity contribution >= 4 is 28.5 Å². The molecule has 2 aliphatic rings. The number of halogens is 2. The number of nitrogens with zero attached hydrogens (tertiary/aromatic N) is 2. The van der Waals surface area contributed by atoms with Gasteiger partial charge in [-0.05, 0) is 37.7 Å². The van der Waals surface area contributed by atoms with E-state index in [9.17, 15) is 9.18 Å². The van der Waals surface area contributed by atoms with Gasteiger partial charge in [-0.15, -0.1) is 0 Å². The number of hydrogen-bond donors (Lipinski definition) is 1. The molecule has 0 saturated heterocycles. The summed E-state index contributed by atoms with van der Waals surface area (Å²) in [5.74, 6) is 0.479. The number of carbonyl (C=O) groups is 1. The van der Waals surface area contributed by atoms with Gasteiger partial charge < -0.3 is 9.88 Å². The minimum absolute atomic E-state index is 0.0540. The molecule has 2 fully saturated rings. The van der Waals surface area contributed by atoms with Crippen LogP contribution in [-0.4, -0.2) is 21.5 Å². The highest BCUT2D eigenvalue weighted by Crippen LogP contribution is 2.39. The lowest BCUT2D eigenvalue weighted by Gasteiger charge is -2.33. The summed E-state index contributed by atoms with van der Waals surface area (Å²) in [6, 6.07) is 12.7. The molecule has 0 bridgehead atoms. The van der Waals surface area contributed by atoms with Gasteiger partial charge in [0.25, 0.3) is 0 Å². The van der Waals surface area contributed by atoms with Crippen LogP contribution >= 0.6 is 11.6 Å². The largest absolute Gasteiger partial charge is 0.352 e. The first-order chi connectivity index (χ1) is 16.1. The Morgan fingerprint density at radius 1 is 1.00 bits per heavy atom. The van der Waals surface area contributed by atoms with E-state index in [1.54, 1.807) is 6.07 Å². The molecule has 0 spiro atoms. The van der Waals surface area contributed by atoms with Crippen LogP contribution in [0.15, 0.2) is 42.5 Å². The molecule has 1 unspecified atom stereocenters. The van der Waals surface area contributed by atoms with Crippen molar-refractivity contribution in [3.8, 4) is 11.4 Å². The van der Waals surface area contributed by atoms with E-state index < -0.39 is 11.9 Å². The van der Waals surface area contributed by atoms with Gasteiger partial charge in [0.05, 0.1) is 16.1 Å². The first kappa shape index (κ1) is 22.4. The van der Waals surface area contributed by atoms with Crippen molar-refractivity contribution in [2.75, 3.05) is 0 Å². The van der Waals surface area contributed by atoms with E-state index in [0.717, 1.165) is 62.4 Å². The lowest BCUT2D eigenvalue weighted by Crippen LogP contribution is -2.43. The summed E-state index contributed by atoms with van der Waals surface area (Å²) >= 11 is 6.22. The predicted octanol–water partition coefficient (Wildman–Crippen LogP) is 7.07. The third-order valence-electron chi connectivity index (χ3n) is 7.36. The van der Waals surface area contributed by atoms with Gasteiger partial charge in [-0.25, -0.2) is 9.37 Å². The molecule has 3 aromatic rings. The molecule has 2 saturated carbocycles. The highest BCUT2D eigenvalue weighted by molar-refractivity contribution is 6.31. The van der Waals surface area contributed by atoms with E-state index in [-0.39, 0.29) is 22.9 Å². The summed E-state index contributed by atoms with van der Waals surface area (Å²) in [6.45, 7) is 0. The molecule has 2 aliphatic carbocycles. The van der Waals surface area contributed by atoms with Crippen LogP contribution in [0.1, 0.15) is 70.3 Å². The molecular weight excluding hydrogens is 437 g/mol. The van der Waals surface area contributed by atoms with Crippen molar-refractivity contribution in [1.82, 2.24) is 14.9 Å². The average Bonchev–Trinajstić information content (AvgIpc) is 3.19. The Kier molecular flexibility index (Phi) is 6.68. The summed E-state index contributed by atoms with van der Waals surface area (Å²) in [6.07, 6.45) is 11.1. The number of rotatable bonds is 5. The Morgan fingerprint density at radius 2 is 1.67 bits per heavy atom. The summed E-state index contributed by atoms with van der Waals surface area (Å²) < 4.78 is 16.4. The van der Waals surface area contributed by atoms with Gasteiger partial charge in [-0.1, -0.05) is 80.5 Å². The van der Waals surface area contributed by atoms with Crippen LogP contribution in [0.3, 0.4) is 0 Å². The Bertz CT molecular complexity index is 1120. The molecule has 1 aromatic heterocycles. The monoisotopic (exact) mass is 467 g/mol. The summed E-state index contributed by atoms with van der Waals surface area (Å²) in [5, 5.41) is 3.43. The molecule has 2 aromatic carbocycles. The minimum atomic E-state index is -0.491. The fourth-order valence-electron chi connectivity index (χ4n) is 5.69. The van der Waals surface area contributed by atoms with Crippen molar-refractivity contribution in [2.45, 2.75) is 76.3 Å². The Labute approximate surface area is 199 Å². The minimum Gasteiger partial charge on any atom is -0.352 e. The standard InChI is InChI=1S/C27H31ClFN3O/c28-21-16-24-23(17-22(21)29)31-26(19-12-6-2-7-13-19)32(24)25(18-10-4-1-5-11-18)27(33)30-20-14-8-3-9-15-20/h2,6-7,12-13,16-18,20,25H,1,3-5,8-11,14-15H2,(H,30,33). The number of aromatic nitrogens is 2. The predicted molar refractivity (Wildman–Crippen MR) is 131 cm³/mol. The summed E-state index contributed by atoms with van der Waals surface area (Å²) in [5.41, 5.74) is 2.16. The number of carbonyl (C=O) groups excluding carboxylic acids is 1. The van der Waals surface area contributed by atoms with Crippen LogP contribution in [0.5, 0.6) is 0 Å². The van der Waals surface area contributed by atoms with Crippen LogP contribution in [0.4, 0.5) is 4.39 Å². The van der Waals surface area contributed by atoms with E-state index >= 15 is 0 Å². The maximum atomic E-state index is 14.4. The first-order valence-corrected chi connectivity index (χ1v) is 12.7. The van der Waals surface area contributed by atoms with Gasteiger partial charge in [-0.2, -0.15) is 0 Å². The quantitative estimate of drug-likeness (QED) is 0.436. The fourth-order valence-corrected chi connectivity index (χ4v) is 5.85. The second-order valence-corrected chi connectivity index (χ2v) is 10.0. The zero-order chi connectivity index (χ0) is 22.8. The van der Waals surface area contributed by atoms with Crippen LogP contribution in [-0.2, 0) is 4.79 Å². The zero-order valence-corrected chi connectivity index (χ0v) is 19.7. The smallest absolute Gasteiger partial charge is 0.243 e. The molecule has 1 atom stereocenters. The molecule has 4 nitrogen and oxygen atoms in total. The molecule has 6 heteroatoms. The van der Waals surface area contributed by atoms with Crippen molar-refractivity contribution in [1.29, 1.82) is 0 Å². The third-order valence-corrected chi connectivity index (χ3v) is 7.65. The number of benzene rings is 2. The van der Waals surface area contributed by atoms with E-state index in [1.807, 2.05) is 34.9 Å². The van der Waals surface area contributed by atoms with E-state index in [1.165, 1.54) is 18.9 Å². The third kappa shape index (κ3) is 4.65. The zero-order valence-electron chi connectivity index (χ0n) is 18.9. The van der Waals surface area contributed by atoms with E-state index in [0.29, 0.717) is 11.3 Å². The number of imidazole rings is 1. The molecule has 33 heavy (non-hydrogen) atoms. The number of fused-ring (bicyclic) bond motifs is 1. The molecule has 174 valence electrons. The Balaban J connectivity index is 1.65. The van der Waals surface area contributed by atoms with Crippen LogP contribution in [0.2, 0.25) is 5.02 Å². The van der Waals surface area contributed by atoms with Gasteiger partial charge in [0.15, 0.2) is 0 Å². The van der Waals surface area contributed by atoms with Gasteiger partial charge in [0.1, 0.15) is 17.7 Å². The number of nitrogens with one attached hydrogen (secondary N) is 1. The van der Waals surface area contributed by atoms with Crippen molar-refractivity contribution < 1.29 is 9.18 Å². The summed E-state index contributed by atoms with van der Waals surface area (Å²) in [4.78, 5) is 18.7. The van der Waals surface area contributed by atoms with Gasteiger partial charge in [0, 0.05) is 17.7 Å². The Morgan fingerprint density at radius 3 is 2.36 bits per heavy atom. The average molecular weight is 468 g/mol. The van der Waals surface area contributed by atoms with Gasteiger partial charge in [0.2, 0.25) is 5.91 Å². The molecule has 1 N–H and O–H groups in total. The van der Waals surface area contributed by atoms with E-state index in [4.69, 9.17) is 16.6 Å². The molecule has 5 rings (SSSR count). The fraction of sp³-hybridized carbons (Fsp3) is 0.481. The molecule has 0 aliphatic heterocycles. The first-order valence-electron chi connectivity index (χ1n) is 12.3. The maximum Gasteiger partial charge on any atom is 0.243 e. The van der Waals surface area contributed by atoms with Crippen LogP contribution < -0.4 is 5.32 Å². The maximum absolute atomic E-state index is 14.4. The molecule has 1 heterocycles. The summed E-state index contributed by atoms with van der Waals surface area (Å²) in [7, 11) is 0. The Hall–Kier alpha value is -2.40. The molecule has 0 radical (unpaired) electrons. The lowest BCUT2D eigenvalue weighted by atomic mass is 9.82. The van der Waals surface area contributed by atoms with Gasteiger partial charge in [-0.3, -0.25) is 4.79 Å². The normalized spacial score (nSPS) is 19.0. The van der Waals surface area contributed by atoms with Crippen molar-refractivity contribution in [3.05, 3.63) is 53.3 Å². The number of hydrogen-bond acceptors (Lipinski definition) is 2. The van der Waals surface area contributed by atoms with Gasteiger partial charge >= 0.3 is 0 Å². The molecule has 1 amide bonds. The second-order valence-electron chi connectivity index (χ2n) is 9.61. The SMILES string of the molecule is O=C(NC1CCCCC1)C(C1CCCCC1)n1c(-c2ccccc2)nc2cc(F)c(Cl)cc21. The lowest BCUT2D eigenvalue weighted by molar-refractivity contribution is -0.127. The van der Waals surface area contributed by atoms with E-state index in [2.05, 4.69) is 5.32 Å². The van der Waals surface area contributed by atoms with Crippen LogP contribution in [0, 0.1) is 11.7 Å². The second kappa shape index (κ2) is 9.84.